The van der Waals surface area contributed by atoms with E-state index in [0.29, 0.717) is 22.2 Å². The van der Waals surface area contributed by atoms with Crippen LogP contribution in [0.2, 0.25) is 5.02 Å². The molecule has 0 saturated heterocycles. The fourth-order valence-electron chi connectivity index (χ4n) is 1.85. The second kappa shape index (κ2) is 6.61. The molecule has 0 aliphatic heterocycles. The normalized spacial score (nSPS) is 11.8. The van der Waals surface area contributed by atoms with Crippen molar-refractivity contribution in [1.29, 1.82) is 0 Å². The highest BCUT2D eigenvalue weighted by atomic mass is 35.5. The molecule has 2 rings (SSSR count). The molecule has 0 bridgehead atoms. The Balaban J connectivity index is 2.28. The first kappa shape index (κ1) is 15.4. The molecule has 0 saturated carbocycles. The monoisotopic (exact) mass is 304 g/mol. The van der Waals surface area contributed by atoms with Crippen molar-refractivity contribution in [3.63, 3.8) is 0 Å². The molecule has 0 aliphatic carbocycles. The molecule has 4 nitrogen and oxygen atoms in total. The van der Waals surface area contributed by atoms with Gasteiger partial charge in [0, 0.05) is 13.0 Å². The average Bonchev–Trinajstić information content (AvgIpc) is 2.42. The van der Waals surface area contributed by atoms with E-state index in [1.165, 1.54) is 6.92 Å². The molecule has 0 heterocycles. The third-order valence-electron chi connectivity index (χ3n) is 2.90. The number of halogens is 1. The number of carbonyl (C=O) groups is 1. The van der Waals surface area contributed by atoms with Gasteiger partial charge in [-0.25, -0.2) is 0 Å². The molecule has 0 aromatic heterocycles. The van der Waals surface area contributed by atoms with Crippen LogP contribution in [0.1, 0.15) is 25.5 Å². The minimum atomic E-state index is -0.163. The predicted octanol–water partition coefficient (Wildman–Crippen LogP) is 4.11. The highest BCUT2D eigenvalue weighted by Gasteiger charge is 2.10. The zero-order valence-corrected chi connectivity index (χ0v) is 12.6. The van der Waals surface area contributed by atoms with Crippen LogP contribution in [0.3, 0.4) is 0 Å². The quantitative estimate of drug-likeness (QED) is 0.893. The molecule has 0 aliphatic rings. The van der Waals surface area contributed by atoms with Crippen molar-refractivity contribution in [3.05, 3.63) is 53.1 Å². The summed E-state index contributed by atoms with van der Waals surface area (Å²) in [6.07, 6.45) is 0. The third-order valence-corrected chi connectivity index (χ3v) is 3.19. The van der Waals surface area contributed by atoms with Crippen molar-refractivity contribution in [2.45, 2.75) is 19.9 Å². The second-order valence-corrected chi connectivity index (χ2v) is 5.17. The first-order chi connectivity index (χ1) is 9.97. The summed E-state index contributed by atoms with van der Waals surface area (Å²) in [5.74, 6) is 0.881. The number of rotatable bonds is 4. The van der Waals surface area contributed by atoms with Crippen molar-refractivity contribution in [3.8, 4) is 11.5 Å². The molecular formula is C16H17ClN2O2. The van der Waals surface area contributed by atoms with E-state index in [2.05, 4.69) is 5.32 Å². The highest BCUT2D eigenvalue weighted by Crippen LogP contribution is 2.34. The lowest BCUT2D eigenvalue weighted by atomic mass is 10.1. The van der Waals surface area contributed by atoms with Gasteiger partial charge >= 0.3 is 0 Å². The van der Waals surface area contributed by atoms with E-state index in [-0.39, 0.29) is 11.9 Å². The zero-order chi connectivity index (χ0) is 15.4. The van der Waals surface area contributed by atoms with Gasteiger partial charge in [-0.15, -0.1) is 0 Å². The summed E-state index contributed by atoms with van der Waals surface area (Å²) in [5.41, 5.74) is 7.34. The molecule has 1 atom stereocenters. The average molecular weight is 305 g/mol. The van der Waals surface area contributed by atoms with Gasteiger partial charge in [-0.05, 0) is 36.8 Å². The fourth-order valence-corrected chi connectivity index (χ4v) is 2.08. The SMILES string of the molecule is CC(=O)Nc1ccccc1Oc1ccc(C(C)N)cc1Cl. The Hall–Kier alpha value is -2.04. The molecular weight excluding hydrogens is 288 g/mol. The van der Waals surface area contributed by atoms with E-state index in [1.807, 2.05) is 25.1 Å². The molecule has 5 heteroatoms. The Morgan fingerprint density at radius 3 is 2.57 bits per heavy atom. The maximum absolute atomic E-state index is 11.2. The zero-order valence-electron chi connectivity index (χ0n) is 11.9. The van der Waals surface area contributed by atoms with Gasteiger partial charge in [-0.2, -0.15) is 0 Å². The fraction of sp³-hybridized carbons (Fsp3) is 0.188. The lowest BCUT2D eigenvalue weighted by molar-refractivity contribution is -0.114. The number of hydrogen-bond acceptors (Lipinski definition) is 3. The molecule has 110 valence electrons. The van der Waals surface area contributed by atoms with Gasteiger partial charge in [-0.1, -0.05) is 29.8 Å². The Bertz CT molecular complexity index is 656. The van der Waals surface area contributed by atoms with Crippen LogP contribution in [-0.2, 0) is 4.79 Å². The molecule has 0 spiro atoms. The van der Waals surface area contributed by atoms with Gasteiger partial charge in [0.1, 0.15) is 5.75 Å². The Morgan fingerprint density at radius 2 is 1.95 bits per heavy atom. The summed E-state index contributed by atoms with van der Waals surface area (Å²) < 4.78 is 5.79. The van der Waals surface area contributed by atoms with Gasteiger partial charge in [0.25, 0.3) is 0 Å². The first-order valence-corrected chi connectivity index (χ1v) is 6.94. The first-order valence-electron chi connectivity index (χ1n) is 6.57. The van der Waals surface area contributed by atoms with E-state index in [0.717, 1.165) is 5.56 Å². The number of benzene rings is 2. The van der Waals surface area contributed by atoms with Gasteiger partial charge in [0.15, 0.2) is 5.75 Å². The minimum Gasteiger partial charge on any atom is -0.454 e. The summed E-state index contributed by atoms with van der Waals surface area (Å²) >= 11 is 6.21. The Labute approximate surface area is 128 Å². The van der Waals surface area contributed by atoms with Gasteiger partial charge in [-0.3, -0.25) is 4.79 Å². The van der Waals surface area contributed by atoms with Crippen LogP contribution in [0.4, 0.5) is 5.69 Å². The van der Waals surface area contributed by atoms with Crippen LogP contribution in [0.15, 0.2) is 42.5 Å². The van der Waals surface area contributed by atoms with Crippen LogP contribution in [0.5, 0.6) is 11.5 Å². The van der Waals surface area contributed by atoms with Gasteiger partial charge in [0.05, 0.1) is 10.7 Å². The highest BCUT2D eigenvalue weighted by molar-refractivity contribution is 6.32. The summed E-state index contributed by atoms with van der Waals surface area (Å²) in [7, 11) is 0. The van der Waals surface area contributed by atoms with Crippen LogP contribution in [-0.4, -0.2) is 5.91 Å². The topological polar surface area (TPSA) is 64.3 Å². The molecule has 3 N–H and O–H groups in total. The number of amides is 1. The third kappa shape index (κ3) is 3.97. The number of para-hydroxylation sites is 2. The van der Waals surface area contributed by atoms with Crippen molar-refractivity contribution >= 4 is 23.2 Å². The molecule has 1 amide bonds. The van der Waals surface area contributed by atoms with Crippen molar-refractivity contribution in [2.75, 3.05) is 5.32 Å². The minimum absolute atomic E-state index is 0.0942. The Kier molecular flexibility index (Phi) is 4.83. The van der Waals surface area contributed by atoms with E-state index >= 15 is 0 Å². The molecule has 0 fully saturated rings. The van der Waals surface area contributed by atoms with Crippen molar-refractivity contribution < 1.29 is 9.53 Å². The van der Waals surface area contributed by atoms with Gasteiger partial charge in [0.2, 0.25) is 5.91 Å². The van der Waals surface area contributed by atoms with Crippen LogP contribution >= 0.6 is 11.6 Å². The van der Waals surface area contributed by atoms with Gasteiger partial charge < -0.3 is 15.8 Å². The maximum Gasteiger partial charge on any atom is 0.221 e. The number of nitrogens with one attached hydrogen (secondary N) is 1. The standard InChI is InChI=1S/C16H17ClN2O2/c1-10(18)12-7-8-15(13(17)9-12)21-16-6-4-3-5-14(16)19-11(2)20/h3-10H,18H2,1-2H3,(H,19,20). The summed E-state index contributed by atoms with van der Waals surface area (Å²) in [6, 6.07) is 12.5. The maximum atomic E-state index is 11.2. The lowest BCUT2D eigenvalue weighted by Crippen LogP contribution is -2.07. The molecule has 0 radical (unpaired) electrons. The van der Waals surface area contributed by atoms with Crippen LogP contribution < -0.4 is 15.8 Å². The summed E-state index contributed by atoms with van der Waals surface area (Å²) in [6.45, 7) is 3.33. The van der Waals surface area contributed by atoms with Crippen LogP contribution in [0.25, 0.3) is 0 Å². The van der Waals surface area contributed by atoms with E-state index in [4.69, 9.17) is 22.1 Å². The number of nitrogens with two attached hydrogens (primary N) is 1. The molecule has 2 aromatic rings. The summed E-state index contributed by atoms with van der Waals surface area (Å²) in [4.78, 5) is 11.2. The molecule has 1 unspecified atom stereocenters. The van der Waals surface area contributed by atoms with Crippen molar-refractivity contribution in [1.82, 2.24) is 0 Å². The molecule has 2 aromatic carbocycles. The number of carbonyl (C=O) groups excluding carboxylic acids is 1. The predicted molar refractivity (Wildman–Crippen MR) is 84.9 cm³/mol. The van der Waals surface area contributed by atoms with Crippen molar-refractivity contribution in [2.24, 2.45) is 5.73 Å². The Morgan fingerprint density at radius 1 is 1.24 bits per heavy atom. The lowest BCUT2D eigenvalue weighted by Gasteiger charge is -2.13. The van der Waals surface area contributed by atoms with E-state index < -0.39 is 0 Å². The largest absolute Gasteiger partial charge is 0.454 e. The van der Waals surface area contributed by atoms with Crippen LogP contribution in [0, 0.1) is 0 Å². The van der Waals surface area contributed by atoms with E-state index in [1.54, 1.807) is 24.3 Å². The van der Waals surface area contributed by atoms with E-state index in [9.17, 15) is 4.79 Å². The summed E-state index contributed by atoms with van der Waals surface area (Å²) in [5, 5.41) is 3.19. The number of anilines is 1. The number of hydrogen-bond donors (Lipinski definition) is 2. The number of ether oxygens (including phenoxy) is 1. The second-order valence-electron chi connectivity index (χ2n) is 4.76. The molecule has 21 heavy (non-hydrogen) atoms. The smallest absolute Gasteiger partial charge is 0.221 e.